The molecule has 36 heavy (non-hydrogen) atoms. The van der Waals surface area contributed by atoms with Crippen molar-refractivity contribution in [3.63, 3.8) is 0 Å². The zero-order chi connectivity index (χ0) is 27.5. The van der Waals surface area contributed by atoms with Crippen molar-refractivity contribution in [2.24, 2.45) is 0 Å². The predicted molar refractivity (Wildman–Crippen MR) is 94.6 cm³/mol. The summed E-state index contributed by atoms with van der Waals surface area (Å²) in [5.41, 5.74) is -12.1. The molecule has 0 aliphatic carbocycles. The van der Waals surface area contributed by atoms with Gasteiger partial charge in [-0.05, 0) is 42.3 Å². The van der Waals surface area contributed by atoms with Crippen LogP contribution in [0.5, 0.6) is 0 Å². The lowest BCUT2D eigenvalue weighted by atomic mass is 9.77. The molecule has 2 heterocycles. The molecule has 0 bridgehead atoms. The molecule has 1 saturated heterocycles. The van der Waals surface area contributed by atoms with Crippen LogP contribution >= 0.6 is 0 Å². The summed E-state index contributed by atoms with van der Waals surface area (Å²) in [6.07, 6.45) is -22.8. The average molecular weight is 539 g/mol. The van der Waals surface area contributed by atoms with E-state index in [0.717, 1.165) is 0 Å². The highest BCUT2D eigenvalue weighted by Gasteiger charge is 2.60. The Balaban J connectivity index is 2.16. The standard InChI is InChI=1S/C20H12F12N2O2/c21-17(22,23)10-5-9(6-11(7-10)18(24,25)26)16(20(30,31)32)3-4-34(8-16)13-2-1-12(15(35)36)14(33-13)19(27,28)29/h1-2,5-7H,3-4,8H2,(H,35,36)/p-1. The third kappa shape index (κ3) is 5.02. The summed E-state index contributed by atoms with van der Waals surface area (Å²) < 4.78 is 162. The van der Waals surface area contributed by atoms with Crippen LogP contribution in [0.1, 0.15) is 39.2 Å². The molecule has 1 aromatic carbocycles. The van der Waals surface area contributed by atoms with Crippen LogP contribution in [0, 0.1) is 0 Å². The molecule has 0 spiro atoms. The predicted octanol–water partition coefficient (Wildman–Crippen LogP) is 5.21. The Kier molecular flexibility index (Phi) is 6.42. The first-order valence-corrected chi connectivity index (χ1v) is 9.58. The van der Waals surface area contributed by atoms with Gasteiger partial charge in [0.05, 0.1) is 17.1 Å². The van der Waals surface area contributed by atoms with Crippen LogP contribution in [0.4, 0.5) is 58.5 Å². The van der Waals surface area contributed by atoms with E-state index in [2.05, 4.69) is 4.98 Å². The fraction of sp³-hybridized carbons (Fsp3) is 0.400. The van der Waals surface area contributed by atoms with E-state index in [9.17, 15) is 62.6 Å². The van der Waals surface area contributed by atoms with Gasteiger partial charge in [0.2, 0.25) is 0 Å². The second-order valence-corrected chi connectivity index (χ2v) is 7.90. The van der Waals surface area contributed by atoms with Crippen molar-refractivity contribution in [1.82, 2.24) is 4.98 Å². The number of rotatable bonds is 3. The summed E-state index contributed by atoms with van der Waals surface area (Å²) >= 11 is 0. The minimum atomic E-state index is -5.44. The molecule has 0 N–H and O–H groups in total. The van der Waals surface area contributed by atoms with Gasteiger partial charge in [-0.1, -0.05) is 0 Å². The maximum absolute atomic E-state index is 14.2. The lowest BCUT2D eigenvalue weighted by Gasteiger charge is -2.33. The van der Waals surface area contributed by atoms with Crippen LogP contribution in [0.15, 0.2) is 30.3 Å². The number of carbonyl (C=O) groups excluding carboxylic acids is 1. The first-order chi connectivity index (χ1) is 16.2. The highest BCUT2D eigenvalue weighted by atomic mass is 19.4. The van der Waals surface area contributed by atoms with Crippen molar-refractivity contribution < 1.29 is 62.6 Å². The van der Waals surface area contributed by atoms with Gasteiger partial charge in [0.25, 0.3) is 0 Å². The van der Waals surface area contributed by atoms with Crippen molar-refractivity contribution in [2.45, 2.75) is 36.5 Å². The minimum Gasteiger partial charge on any atom is -0.545 e. The largest absolute Gasteiger partial charge is 0.545 e. The minimum absolute atomic E-state index is 0.0833. The van der Waals surface area contributed by atoms with Crippen LogP contribution in [-0.2, 0) is 23.9 Å². The number of anilines is 1. The van der Waals surface area contributed by atoms with Crippen molar-refractivity contribution in [3.05, 3.63) is 58.3 Å². The number of alkyl halides is 12. The van der Waals surface area contributed by atoms with Gasteiger partial charge in [0.15, 0.2) is 5.69 Å². The van der Waals surface area contributed by atoms with Gasteiger partial charge in [-0.2, -0.15) is 52.7 Å². The van der Waals surface area contributed by atoms with E-state index in [-0.39, 0.29) is 18.2 Å². The van der Waals surface area contributed by atoms with Gasteiger partial charge in [-0.15, -0.1) is 0 Å². The van der Waals surface area contributed by atoms with Gasteiger partial charge in [0.1, 0.15) is 11.2 Å². The van der Waals surface area contributed by atoms with E-state index in [0.29, 0.717) is 17.0 Å². The molecule has 4 nitrogen and oxygen atoms in total. The van der Waals surface area contributed by atoms with E-state index in [1.165, 1.54) is 0 Å². The van der Waals surface area contributed by atoms with Crippen LogP contribution in [-0.4, -0.2) is 30.2 Å². The number of carbonyl (C=O) groups is 1. The van der Waals surface area contributed by atoms with E-state index < -0.39 is 89.4 Å². The van der Waals surface area contributed by atoms with Gasteiger partial charge < -0.3 is 14.8 Å². The first kappa shape index (κ1) is 27.4. The summed E-state index contributed by atoms with van der Waals surface area (Å²) in [4.78, 5) is 14.6. The topological polar surface area (TPSA) is 56.3 Å². The molecule has 0 amide bonds. The molecule has 2 aromatic rings. The Bertz CT molecular complexity index is 1130. The second-order valence-electron chi connectivity index (χ2n) is 7.90. The zero-order valence-corrected chi connectivity index (χ0v) is 17.3. The molecule has 1 atom stereocenters. The van der Waals surface area contributed by atoms with Gasteiger partial charge in [-0.25, -0.2) is 4.98 Å². The molecule has 3 rings (SSSR count). The van der Waals surface area contributed by atoms with Crippen LogP contribution in [0.25, 0.3) is 0 Å². The molecule has 1 aromatic heterocycles. The monoisotopic (exact) mass is 539 g/mol. The van der Waals surface area contributed by atoms with E-state index >= 15 is 0 Å². The number of aromatic nitrogens is 1. The molecule has 1 fully saturated rings. The zero-order valence-electron chi connectivity index (χ0n) is 17.3. The SMILES string of the molecule is O=C([O-])c1ccc(N2CCC(c3cc(C(F)(F)F)cc(C(F)(F)F)c3)(C(F)(F)F)C2)nc1C(F)(F)F. The number of nitrogens with zero attached hydrogens (tertiary/aromatic N) is 2. The fourth-order valence-electron chi connectivity index (χ4n) is 3.87. The number of aromatic carboxylic acids is 1. The van der Waals surface area contributed by atoms with Crippen molar-refractivity contribution in [2.75, 3.05) is 18.0 Å². The smallest absolute Gasteiger partial charge is 0.434 e. The Labute approximate surface area is 193 Å². The summed E-state index contributed by atoms with van der Waals surface area (Å²) in [5, 5.41) is 10.9. The first-order valence-electron chi connectivity index (χ1n) is 9.58. The number of pyridine rings is 1. The summed E-state index contributed by atoms with van der Waals surface area (Å²) in [7, 11) is 0. The van der Waals surface area contributed by atoms with Gasteiger partial charge in [0, 0.05) is 18.7 Å². The highest BCUT2D eigenvalue weighted by molar-refractivity contribution is 5.87. The van der Waals surface area contributed by atoms with E-state index in [1.807, 2.05) is 0 Å². The third-order valence-electron chi connectivity index (χ3n) is 5.65. The van der Waals surface area contributed by atoms with Gasteiger partial charge >= 0.3 is 24.7 Å². The highest BCUT2D eigenvalue weighted by Crippen LogP contribution is 2.50. The Hall–Kier alpha value is -3.20. The number of hydrogen-bond acceptors (Lipinski definition) is 4. The molecule has 1 aliphatic heterocycles. The number of carboxylic acid groups (broad SMARTS) is 1. The Morgan fingerprint density at radius 2 is 1.36 bits per heavy atom. The van der Waals surface area contributed by atoms with E-state index in [1.54, 1.807) is 0 Å². The van der Waals surface area contributed by atoms with Crippen LogP contribution in [0.3, 0.4) is 0 Å². The Morgan fingerprint density at radius 1 is 0.833 bits per heavy atom. The maximum atomic E-state index is 14.2. The fourth-order valence-corrected chi connectivity index (χ4v) is 3.87. The summed E-state index contributed by atoms with van der Waals surface area (Å²) in [6.45, 7) is -2.16. The lowest BCUT2D eigenvalue weighted by molar-refractivity contribution is -0.255. The van der Waals surface area contributed by atoms with E-state index in [4.69, 9.17) is 0 Å². The quantitative estimate of drug-likeness (QED) is 0.503. The number of carboxylic acids is 1. The third-order valence-corrected chi connectivity index (χ3v) is 5.65. The van der Waals surface area contributed by atoms with Crippen molar-refractivity contribution in [3.8, 4) is 0 Å². The molecular weight excluding hydrogens is 528 g/mol. The molecule has 198 valence electrons. The summed E-state index contributed by atoms with van der Waals surface area (Å²) in [6, 6.07) is 0.482. The van der Waals surface area contributed by atoms with Crippen LogP contribution in [0.2, 0.25) is 0 Å². The number of hydrogen-bond donors (Lipinski definition) is 0. The summed E-state index contributed by atoms with van der Waals surface area (Å²) in [5.74, 6) is -3.10. The molecule has 0 radical (unpaired) electrons. The number of halogens is 12. The second kappa shape index (κ2) is 8.44. The lowest BCUT2D eigenvalue weighted by Crippen LogP contribution is -2.45. The normalized spacial score (nSPS) is 19.6. The maximum Gasteiger partial charge on any atom is 0.434 e. The number of benzene rings is 1. The average Bonchev–Trinajstić information content (AvgIpc) is 3.18. The molecule has 16 heteroatoms. The van der Waals surface area contributed by atoms with Gasteiger partial charge in [-0.3, -0.25) is 0 Å². The van der Waals surface area contributed by atoms with Crippen LogP contribution < -0.4 is 10.0 Å². The molecule has 0 saturated carbocycles. The Morgan fingerprint density at radius 3 is 1.78 bits per heavy atom. The van der Waals surface area contributed by atoms with Crippen molar-refractivity contribution >= 4 is 11.8 Å². The molecular formula is C20H11F12N2O2-. The van der Waals surface area contributed by atoms with Crippen molar-refractivity contribution in [1.29, 1.82) is 0 Å². The molecule has 1 aliphatic rings. The molecule has 1 unspecified atom stereocenters.